The zero-order valence-electron chi connectivity index (χ0n) is 8.05. The molecule has 0 aromatic rings. The summed E-state index contributed by atoms with van der Waals surface area (Å²) in [6.45, 7) is 7.30. The molecule has 0 radical (unpaired) electrons. The van der Waals surface area contributed by atoms with E-state index in [0.29, 0.717) is 0 Å². The van der Waals surface area contributed by atoms with Crippen LogP contribution in [0.1, 0.15) is 39.0 Å². The molecule has 2 aliphatic heterocycles. The van der Waals surface area contributed by atoms with Crippen LogP contribution >= 0.6 is 0 Å². The van der Waals surface area contributed by atoms with E-state index in [2.05, 4.69) is 18.4 Å². The molecule has 0 saturated carbocycles. The quantitative estimate of drug-likeness (QED) is 0.568. The molecule has 0 aromatic heterocycles. The van der Waals surface area contributed by atoms with E-state index in [1.165, 1.54) is 37.7 Å². The first kappa shape index (κ1) is 8.31. The average Bonchev–Trinajstić information content (AvgIpc) is 2.30. The van der Waals surface area contributed by atoms with Crippen molar-refractivity contribution in [2.75, 3.05) is 6.54 Å². The molecule has 2 atom stereocenters. The Morgan fingerprint density at radius 3 is 2.33 bits per heavy atom. The van der Waals surface area contributed by atoms with Gasteiger partial charge < -0.3 is 0 Å². The minimum atomic E-state index is 0.903. The second-order valence-electron chi connectivity index (χ2n) is 4.45. The summed E-state index contributed by atoms with van der Waals surface area (Å²) in [5.74, 6) is 0. The Bertz CT molecular complexity index is 169. The van der Waals surface area contributed by atoms with E-state index in [4.69, 9.17) is 0 Å². The maximum Gasteiger partial charge on any atom is 0.0193 e. The number of piperidine rings is 1. The van der Waals surface area contributed by atoms with Crippen LogP contribution in [0.25, 0.3) is 0 Å². The first-order valence-corrected chi connectivity index (χ1v) is 5.17. The van der Waals surface area contributed by atoms with Crippen molar-refractivity contribution in [1.29, 1.82) is 0 Å². The molecule has 2 unspecified atom stereocenters. The highest BCUT2D eigenvalue weighted by atomic mass is 15.2. The average molecular weight is 165 g/mol. The van der Waals surface area contributed by atoms with Crippen LogP contribution in [0.3, 0.4) is 0 Å². The molecule has 2 saturated heterocycles. The molecule has 1 heteroatoms. The van der Waals surface area contributed by atoms with Gasteiger partial charge in [-0.25, -0.2) is 0 Å². The maximum absolute atomic E-state index is 4.00. The first-order chi connectivity index (χ1) is 5.77. The smallest absolute Gasteiger partial charge is 0.0193 e. The van der Waals surface area contributed by atoms with E-state index in [0.717, 1.165) is 18.6 Å². The van der Waals surface area contributed by atoms with Gasteiger partial charge in [-0.1, -0.05) is 18.6 Å². The Balaban J connectivity index is 2.00. The Labute approximate surface area is 75.4 Å². The van der Waals surface area contributed by atoms with Crippen LogP contribution in [-0.4, -0.2) is 23.5 Å². The molecular formula is C11H19N. The first-order valence-electron chi connectivity index (χ1n) is 5.17. The molecule has 12 heavy (non-hydrogen) atoms. The molecule has 0 amide bonds. The molecule has 0 aromatic carbocycles. The summed E-state index contributed by atoms with van der Waals surface area (Å²) < 4.78 is 0. The van der Waals surface area contributed by atoms with E-state index in [9.17, 15) is 0 Å². The van der Waals surface area contributed by atoms with Gasteiger partial charge in [0.2, 0.25) is 0 Å². The highest BCUT2D eigenvalue weighted by Gasteiger charge is 2.35. The van der Waals surface area contributed by atoms with Gasteiger partial charge in [-0.3, -0.25) is 4.90 Å². The van der Waals surface area contributed by atoms with E-state index in [-0.39, 0.29) is 0 Å². The van der Waals surface area contributed by atoms with Crippen LogP contribution in [0.5, 0.6) is 0 Å². The lowest BCUT2D eigenvalue weighted by Crippen LogP contribution is -2.40. The van der Waals surface area contributed by atoms with Crippen molar-refractivity contribution in [2.24, 2.45) is 0 Å². The third-order valence-electron chi connectivity index (χ3n) is 3.30. The van der Waals surface area contributed by atoms with Gasteiger partial charge in [-0.2, -0.15) is 0 Å². The topological polar surface area (TPSA) is 3.24 Å². The Morgan fingerprint density at radius 1 is 1.25 bits per heavy atom. The predicted octanol–water partition coefficient (Wildman–Crippen LogP) is 2.58. The van der Waals surface area contributed by atoms with Gasteiger partial charge in [0, 0.05) is 18.6 Å². The van der Waals surface area contributed by atoms with Crippen molar-refractivity contribution in [1.82, 2.24) is 4.90 Å². The summed E-state index contributed by atoms with van der Waals surface area (Å²) in [5, 5.41) is 0. The summed E-state index contributed by atoms with van der Waals surface area (Å²) in [6, 6.07) is 1.81. The number of nitrogens with zero attached hydrogens (tertiary/aromatic N) is 1. The van der Waals surface area contributed by atoms with E-state index < -0.39 is 0 Å². The lowest BCUT2D eigenvalue weighted by atomic mass is 10.0. The van der Waals surface area contributed by atoms with Gasteiger partial charge in [0.25, 0.3) is 0 Å². The molecule has 0 N–H and O–H groups in total. The van der Waals surface area contributed by atoms with Crippen molar-refractivity contribution in [2.45, 2.75) is 51.1 Å². The minimum Gasteiger partial charge on any atom is -0.294 e. The van der Waals surface area contributed by atoms with E-state index in [1.807, 2.05) is 0 Å². The number of hydrogen-bond donors (Lipinski definition) is 0. The van der Waals surface area contributed by atoms with Crippen molar-refractivity contribution in [3.05, 3.63) is 12.2 Å². The zero-order chi connectivity index (χ0) is 8.55. The summed E-state index contributed by atoms with van der Waals surface area (Å²) in [7, 11) is 0. The van der Waals surface area contributed by atoms with Crippen molar-refractivity contribution >= 4 is 0 Å². The lowest BCUT2D eigenvalue weighted by Gasteiger charge is -2.34. The highest BCUT2D eigenvalue weighted by Crippen LogP contribution is 2.35. The van der Waals surface area contributed by atoms with E-state index in [1.54, 1.807) is 0 Å². The molecule has 2 rings (SSSR count). The predicted molar refractivity (Wildman–Crippen MR) is 52.2 cm³/mol. The molecule has 0 aliphatic carbocycles. The van der Waals surface area contributed by atoms with Crippen molar-refractivity contribution in [3.8, 4) is 0 Å². The summed E-state index contributed by atoms with van der Waals surface area (Å²) in [4.78, 5) is 2.69. The van der Waals surface area contributed by atoms with E-state index >= 15 is 0 Å². The SMILES string of the molecule is C=C(C)CN1C2CCCC1CC2. The second-order valence-corrected chi connectivity index (χ2v) is 4.45. The van der Waals surface area contributed by atoms with Gasteiger partial charge in [-0.15, -0.1) is 0 Å². The van der Waals surface area contributed by atoms with Crippen LogP contribution in [0, 0.1) is 0 Å². The Kier molecular flexibility index (Phi) is 2.22. The molecule has 2 aliphatic rings. The van der Waals surface area contributed by atoms with Crippen LogP contribution in [0.4, 0.5) is 0 Å². The zero-order valence-corrected chi connectivity index (χ0v) is 8.05. The Morgan fingerprint density at radius 2 is 1.83 bits per heavy atom. The third kappa shape index (κ3) is 1.42. The molecule has 1 nitrogen and oxygen atoms in total. The third-order valence-corrected chi connectivity index (χ3v) is 3.30. The van der Waals surface area contributed by atoms with Crippen molar-refractivity contribution in [3.63, 3.8) is 0 Å². The van der Waals surface area contributed by atoms with Crippen molar-refractivity contribution < 1.29 is 0 Å². The number of rotatable bonds is 2. The molecular weight excluding hydrogens is 146 g/mol. The van der Waals surface area contributed by atoms with Gasteiger partial charge in [0.15, 0.2) is 0 Å². The number of fused-ring (bicyclic) bond motifs is 2. The normalized spacial score (nSPS) is 35.4. The van der Waals surface area contributed by atoms with Crippen LogP contribution in [0.15, 0.2) is 12.2 Å². The van der Waals surface area contributed by atoms with Crippen LogP contribution < -0.4 is 0 Å². The Hall–Kier alpha value is -0.300. The summed E-state index contributed by atoms with van der Waals surface area (Å²) >= 11 is 0. The fourth-order valence-electron chi connectivity index (χ4n) is 2.79. The van der Waals surface area contributed by atoms with Crippen LogP contribution in [-0.2, 0) is 0 Å². The van der Waals surface area contributed by atoms with Gasteiger partial charge in [-0.05, 0) is 32.6 Å². The number of hydrogen-bond acceptors (Lipinski definition) is 1. The summed E-state index contributed by atoms with van der Waals surface area (Å²) in [5.41, 5.74) is 1.33. The monoisotopic (exact) mass is 165 g/mol. The molecule has 0 spiro atoms. The van der Waals surface area contributed by atoms with Gasteiger partial charge in [0.05, 0.1) is 0 Å². The molecule has 2 fully saturated rings. The molecule has 2 bridgehead atoms. The maximum atomic E-state index is 4.00. The molecule has 68 valence electrons. The minimum absolute atomic E-state index is 0.903. The van der Waals surface area contributed by atoms with Gasteiger partial charge >= 0.3 is 0 Å². The highest BCUT2D eigenvalue weighted by molar-refractivity contribution is 5.00. The van der Waals surface area contributed by atoms with Crippen LogP contribution in [0.2, 0.25) is 0 Å². The van der Waals surface area contributed by atoms with Gasteiger partial charge in [0.1, 0.15) is 0 Å². The summed E-state index contributed by atoms with van der Waals surface area (Å²) in [6.07, 6.45) is 7.21. The second kappa shape index (κ2) is 3.21. The fraction of sp³-hybridized carbons (Fsp3) is 0.818. The largest absolute Gasteiger partial charge is 0.294 e. The fourth-order valence-corrected chi connectivity index (χ4v) is 2.79. The molecule has 2 heterocycles. The lowest BCUT2D eigenvalue weighted by molar-refractivity contribution is 0.154. The standard InChI is InChI=1S/C11H19N/c1-9(2)8-12-10-4-3-5-11(12)7-6-10/h10-11H,1,3-8H2,2H3.